The summed E-state index contributed by atoms with van der Waals surface area (Å²) in [7, 11) is 0. The summed E-state index contributed by atoms with van der Waals surface area (Å²) in [5.74, 6) is 0.515. The molecule has 0 aliphatic rings. The normalized spacial score (nSPS) is 14.5. The molecule has 0 amide bonds. The highest BCUT2D eigenvalue weighted by atomic mass is 32.1. The van der Waals surface area contributed by atoms with Crippen LogP contribution in [-0.2, 0) is 25.4 Å². The van der Waals surface area contributed by atoms with Gasteiger partial charge in [0, 0.05) is 61.7 Å². The first-order valence-electron chi connectivity index (χ1n) is 20.6. The monoisotopic (exact) mass is 895 g/mol. The fourth-order valence-electron chi connectivity index (χ4n) is 6.55. The molecule has 63 heavy (non-hydrogen) atoms. The second-order valence-corrected chi connectivity index (χ2v) is 16.0. The largest absolute Gasteiger partial charge is 0.491 e. The van der Waals surface area contributed by atoms with Crippen molar-refractivity contribution < 1.29 is 47.4 Å². The molecule has 6 aromatic rings. The number of hydrogen-bond acceptors (Lipinski definition) is 9. The molecule has 4 aromatic carbocycles. The fraction of sp³-hybridized carbons (Fsp3) is 0.333. The summed E-state index contributed by atoms with van der Waals surface area (Å²) in [6, 6.07) is 27.2. The lowest BCUT2D eigenvalue weighted by Gasteiger charge is -2.31. The second kappa shape index (κ2) is 22.9. The Morgan fingerprint density at radius 1 is 0.635 bits per heavy atom. The molecule has 2 N–H and O–H groups in total. The lowest BCUT2D eigenvalue weighted by atomic mass is 10.0. The van der Waals surface area contributed by atoms with Crippen molar-refractivity contribution in [2.45, 2.75) is 77.4 Å². The van der Waals surface area contributed by atoms with Crippen LogP contribution in [-0.4, -0.2) is 68.5 Å². The average Bonchev–Trinajstić information content (AvgIpc) is 3.81. The van der Waals surface area contributed by atoms with Gasteiger partial charge in [0.25, 0.3) is 0 Å². The van der Waals surface area contributed by atoms with Crippen LogP contribution in [0.2, 0.25) is 0 Å². The smallest absolute Gasteiger partial charge is 0.416 e. The van der Waals surface area contributed by atoms with Crippen molar-refractivity contribution in [1.82, 2.24) is 19.8 Å². The summed E-state index contributed by atoms with van der Waals surface area (Å²) in [6.45, 7) is 9.21. The van der Waals surface area contributed by atoms with Crippen LogP contribution < -0.4 is 9.47 Å². The quantitative estimate of drug-likeness (QED) is 0.0825. The Morgan fingerprint density at radius 2 is 1.11 bits per heavy atom. The van der Waals surface area contributed by atoms with Crippen LogP contribution in [0, 0.1) is 13.8 Å². The number of ether oxygens (including phenoxy) is 2. The van der Waals surface area contributed by atoms with E-state index in [1.54, 1.807) is 42.2 Å². The van der Waals surface area contributed by atoms with Gasteiger partial charge in [-0.25, -0.2) is 0 Å². The molecule has 0 bridgehead atoms. The number of rotatable bonds is 18. The Balaban J connectivity index is 0.000000241. The molecule has 0 aliphatic carbocycles. The van der Waals surface area contributed by atoms with E-state index >= 15 is 0 Å². The number of aliphatic hydroxyl groups is 2. The van der Waals surface area contributed by atoms with Crippen molar-refractivity contribution >= 4 is 11.3 Å². The van der Waals surface area contributed by atoms with Crippen LogP contribution >= 0.6 is 11.3 Å². The Hall–Kier alpha value is -5.32. The molecule has 0 saturated heterocycles. The second-order valence-electron chi connectivity index (χ2n) is 15.0. The van der Waals surface area contributed by atoms with Gasteiger partial charge in [-0.05, 0) is 110 Å². The number of thiazole rings is 1. The minimum atomic E-state index is -4.42. The van der Waals surface area contributed by atoms with E-state index in [1.165, 1.54) is 29.8 Å². The number of pyridine rings is 1. The Bertz CT molecular complexity index is 2300. The van der Waals surface area contributed by atoms with E-state index in [-0.39, 0.29) is 37.3 Å². The molecule has 2 heterocycles. The Morgan fingerprint density at radius 3 is 1.54 bits per heavy atom. The molecule has 4 atom stereocenters. The molecule has 0 spiro atoms. The number of hydrogen-bond donors (Lipinski definition) is 2. The summed E-state index contributed by atoms with van der Waals surface area (Å²) < 4.78 is 96.3. The zero-order valence-electron chi connectivity index (χ0n) is 36.4. The molecule has 4 unspecified atom stereocenters. The Kier molecular flexibility index (Phi) is 17.1. The third kappa shape index (κ3) is 15.2. The average molecular weight is 896 g/mol. The minimum Gasteiger partial charge on any atom is -0.491 e. The number of nitrogens with zero attached hydrogens (tertiary/aromatic N) is 4. The van der Waals surface area contributed by atoms with E-state index in [2.05, 4.69) is 40.8 Å². The summed E-state index contributed by atoms with van der Waals surface area (Å²) in [6.07, 6.45) is -5.51. The van der Waals surface area contributed by atoms with Crippen LogP contribution in [0.1, 0.15) is 71.1 Å². The number of aliphatic hydroxyl groups excluding tert-OH is 2. The topological polar surface area (TPSA) is 91.2 Å². The zero-order chi connectivity index (χ0) is 46.5. The molecule has 336 valence electrons. The first-order chi connectivity index (χ1) is 30.3. The van der Waals surface area contributed by atoms with Crippen LogP contribution in [0.25, 0.3) is 0 Å². The van der Waals surface area contributed by atoms with Crippen LogP contribution in [0.3, 0.4) is 0 Å². The number of benzene rings is 4. The predicted octanol–water partition coefficient (Wildman–Crippen LogP) is 10.9. The van der Waals surface area contributed by atoms with Crippen LogP contribution in [0.15, 0.2) is 133 Å². The van der Waals surface area contributed by atoms with Gasteiger partial charge in [0.15, 0.2) is 0 Å². The van der Waals surface area contributed by atoms with E-state index in [4.69, 9.17) is 10.8 Å². The maximum Gasteiger partial charge on any atom is 0.416 e. The van der Waals surface area contributed by atoms with Gasteiger partial charge in [0.2, 0.25) is 0 Å². The van der Waals surface area contributed by atoms with E-state index < -0.39 is 41.7 Å². The standard InChI is InChI=1S/C25H27F3N2O2.C23H25F3N2O2S/c1-18-6-3-4-7-21(18)15-30(19(2)20-8-5-13-29-14-20)16-23(31)17-32-24-11-9-22(10-12-24)25(26,27)28;1-16-5-3-4-6-18(16)12-28(17(2)22-11-27-15-31-22)13-20(29)14-30-21-9-7-19(8-10-21)23(24,25)26/h3-14,19,23,31H,15-17H2,1-2H3;3-11,15,17,20,29H,12-14H2,1-2H3/i19D;. The van der Waals surface area contributed by atoms with Crippen molar-refractivity contribution in [3.8, 4) is 11.5 Å². The summed E-state index contributed by atoms with van der Waals surface area (Å²) >= 11 is 1.56. The van der Waals surface area contributed by atoms with Crippen LogP contribution in [0.5, 0.6) is 11.5 Å². The van der Waals surface area contributed by atoms with Gasteiger partial charge in [0.05, 0.1) is 18.0 Å². The maximum atomic E-state index is 12.7. The van der Waals surface area contributed by atoms with Gasteiger partial charge in [-0.3, -0.25) is 19.8 Å². The molecule has 0 radical (unpaired) electrons. The highest BCUT2D eigenvalue weighted by molar-refractivity contribution is 7.09. The van der Waals surface area contributed by atoms with Crippen molar-refractivity contribution in [2.75, 3.05) is 26.3 Å². The summed E-state index contributed by atoms with van der Waals surface area (Å²) in [5, 5.41) is 21.3. The minimum absolute atomic E-state index is 0.0228. The SMILES string of the molecule is Cc1ccccc1CN(CC(O)COc1ccc(C(F)(F)F)cc1)C(C)c1cncs1.[2H]C(C)(c1cccnc1)N(Cc1ccccc1C)CC(O)COc1ccc(C(F)(F)F)cc1. The lowest BCUT2D eigenvalue weighted by molar-refractivity contribution is -0.138. The number of halogens is 6. The number of alkyl halides is 6. The van der Waals surface area contributed by atoms with Crippen molar-refractivity contribution in [2.24, 2.45) is 0 Å². The van der Waals surface area contributed by atoms with E-state index in [1.807, 2.05) is 60.5 Å². The fourth-order valence-corrected chi connectivity index (χ4v) is 7.26. The van der Waals surface area contributed by atoms with Gasteiger partial charge >= 0.3 is 12.4 Å². The van der Waals surface area contributed by atoms with Gasteiger partial charge in [-0.15, -0.1) is 11.3 Å². The molecule has 6 rings (SSSR count). The molecular formula is C48H52F6N4O4S. The van der Waals surface area contributed by atoms with Gasteiger partial charge in [-0.2, -0.15) is 26.3 Å². The summed E-state index contributed by atoms with van der Waals surface area (Å²) in [4.78, 5) is 13.3. The third-order valence-electron chi connectivity index (χ3n) is 10.3. The molecular weight excluding hydrogens is 843 g/mol. The molecule has 8 nitrogen and oxygen atoms in total. The number of aryl methyl sites for hydroxylation is 2. The highest BCUT2D eigenvalue weighted by Crippen LogP contribution is 2.32. The molecule has 0 aliphatic heterocycles. The van der Waals surface area contributed by atoms with Crippen molar-refractivity contribution in [3.63, 3.8) is 0 Å². The van der Waals surface area contributed by atoms with Crippen molar-refractivity contribution in [3.05, 3.63) is 177 Å². The highest BCUT2D eigenvalue weighted by Gasteiger charge is 2.31. The molecule has 2 aromatic heterocycles. The molecule has 0 saturated carbocycles. The van der Waals surface area contributed by atoms with Crippen molar-refractivity contribution in [1.29, 1.82) is 0 Å². The maximum absolute atomic E-state index is 12.7. The van der Waals surface area contributed by atoms with Crippen LogP contribution in [0.4, 0.5) is 26.3 Å². The first-order valence-corrected chi connectivity index (χ1v) is 21.0. The van der Waals surface area contributed by atoms with E-state index in [0.29, 0.717) is 25.2 Å². The Labute approximate surface area is 369 Å². The first kappa shape index (κ1) is 47.2. The predicted molar refractivity (Wildman–Crippen MR) is 232 cm³/mol. The number of aromatic nitrogens is 2. The zero-order valence-corrected chi connectivity index (χ0v) is 36.2. The van der Waals surface area contributed by atoms with E-state index in [9.17, 15) is 36.6 Å². The van der Waals surface area contributed by atoms with Gasteiger partial charge < -0.3 is 19.7 Å². The van der Waals surface area contributed by atoms with Gasteiger partial charge in [-0.1, -0.05) is 54.6 Å². The molecule has 0 fully saturated rings. The lowest BCUT2D eigenvalue weighted by Crippen LogP contribution is -2.37. The third-order valence-corrected chi connectivity index (χ3v) is 11.3. The van der Waals surface area contributed by atoms with E-state index in [0.717, 1.165) is 45.8 Å². The van der Waals surface area contributed by atoms with Gasteiger partial charge in [0.1, 0.15) is 36.9 Å². The molecule has 15 heteroatoms. The summed E-state index contributed by atoms with van der Waals surface area (Å²) in [5.41, 5.74) is 5.38.